The van der Waals surface area contributed by atoms with E-state index < -0.39 is 38.1 Å². The third-order valence-corrected chi connectivity index (χ3v) is 10.9. The van der Waals surface area contributed by atoms with Crippen LogP contribution >= 0.6 is 11.6 Å². The van der Waals surface area contributed by atoms with Crippen LogP contribution in [0.5, 0.6) is 0 Å². The molecule has 1 amide bonds. The Kier molecular flexibility index (Phi) is 8.41. The predicted molar refractivity (Wildman–Crippen MR) is 160 cm³/mol. The van der Waals surface area contributed by atoms with E-state index in [0.717, 1.165) is 17.3 Å². The maximum Gasteiger partial charge on any atom is 0.297 e. The first kappa shape index (κ1) is 30.1. The average molecular weight is 588 g/mol. The number of allylic oxidation sites excluding steroid dienone is 1. The van der Waals surface area contributed by atoms with E-state index in [1.54, 1.807) is 38.1 Å². The summed E-state index contributed by atoms with van der Waals surface area (Å²) in [5, 5.41) is 11.2. The topological polar surface area (TPSA) is 104 Å². The third-order valence-electron chi connectivity index (χ3n) is 8.20. The number of rotatable bonds is 8. The molecule has 8 nitrogen and oxygen atoms in total. The second-order valence-corrected chi connectivity index (χ2v) is 15.0. The number of hydrogen-bond acceptors (Lipinski definition) is 6. The fraction of sp³-hybridized carbons (Fsp3) is 0.467. The van der Waals surface area contributed by atoms with Crippen molar-refractivity contribution in [3.63, 3.8) is 0 Å². The van der Waals surface area contributed by atoms with E-state index in [1.807, 2.05) is 17.0 Å². The summed E-state index contributed by atoms with van der Waals surface area (Å²) in [5.74, 6) is -0.461. The van der Waals surface area contributed by atoms with Crippen molar-refractivity contribution in [2.45, 2.75) is 63.7 Å². The highest BCUT2D eigenvalue weighted by Gasteiger charge is 2.53. The molecule has 1 aliphatic heterocycles. The molecular formula is C30H40ClN4O4S+. The first-order valence-corrected chi connectivity index (χ1v) is 15.6. The van der Waals surface area contributed by atoms with E-state index in [0.29, 0.717) is 46.9 Å². The van der Waals surface area contributed by atoms with Crippen LogP contribution in [0.3, 0.4) is 0 Å². The molecule has 0 bridgehead atoms. The average Bonchev–Trinajstić information content (AvgIpc) is 3.05. The van der Waals surface area contributed by atoms with Gasteiger partial charge in [0.15, 0.2) is 0 Å². The number of carbonyl (C=O) groups excluding carboxylic acids is 1. The fourth-order valence-electron chi connectivity index (χ4n) is 6.10. The minimum atomic E-state index is -3.32. The molecule has 4 rings (SSSR count). The zero-order valence-electron chi connectivity index (χ0n) is 24.0. The number of halogens is 1. The normalized spacial score (nSPS) is 19.6. The summed E-state index contributed by atoms with van der Waals surface area (Å²) in [6, 6.07) is 15.1. The Morgan fingerprint density at radius 1 is 1.07 bits per heavy atom. The van der Waals surface area contributed by atoms with Gasteiger partial charge in [0.05, 0.1) is 13.1 Å². The number of hydrogen-bond donors (Lipinski definition) is 3. The molecule has 2 aliphatic rings. The second kappa shape index (κ2) is 11.2. The van der Waals surface area contributed by atoms with Crippen LogP contribution in [0.4, 0.5) is 5.69 Å². The summed E-state index contributed by atoms with van der Waals surface area (Å²) in [7, 11) is -3.32. The highest BCUT2D eigenvalue weighted by Crippen LogP contribution is 2.51. The number of anilines is 1. The number of benzene rings is 2. The number of nitrogens with one attached hydrogen (secondary N) is 3. The molecule has 0 radical (unpaired) electrons. The van der Waals surface area contributed by atoms with Crippen molar-refractivity contribution in [3.8, 4) is 0 Å². The molecule has 0 saturated carbocycles. The number of nitrogens with zero attached hydrogens (tertiary/aromatic N) is 1. The van der Waals surface area contributed by atoms with Crippen molar-refractivity contribution in [1.29, 1.82) is 5.41 Å². The molecule has 40 heavy (non-hydrogen) atoms. The summed E-state index contributed by atoms with van der Waals surface area (Å²) in [5.41, 5.74) is 2.29. The number of sulfonamides is 1. The highest BCUT2D eigenvalue weighted by atomic mass is 35.5. The summed E-state index contributed by atoms with van der Waals surface area (Å²) < 4.78 is 32.8. The Bertz CT molecular complexity index is 1390. The lowest BCUT2D eigenvalue weighted by Gasteiger charge is -2.38. The van der Waals surface area contributed by atoms with Crippen molar-refractivity contribution >= 4 is 39.4 Å². The van der Waals surface area contributed by atoms with Crippen molar-refractivity contribution in [2.24, 2.45) is 0 Å². The van der Waals surface area contributed by atoms with Gasteiger partial charge in [0, 0.05) is 27.8 Å². The van der Waals surface area contributed by atoms with E-state index in [1.165, 1.54) is 0 Å². The number of amides is 1. The Morgan fingerprint density at radius 2 is 1.65 bits per heavy atom. The smallest absolute Gasteiger partial charge is 0.297 e. The van der Waals surface area contributed by atoms with E-state index in [4.69, 9.17) is 21.7 Å². The van der Waals surface area contributed by atoms with Gasteiger partial charge in [0.1, 0.15) is 30.1 Å². The summed E-state index contributed by atoms with van der Waals surface area (Å²) in [4.78, 5) is 15.8. The summed E-state index contributed by atoms with van der Waals surface area (Å²) in [6.45, 7) is 13.2. The molecule has 0 unspecified atom stereocenters. The third kappa shape index (κ3) is 5.51. The highest BCUT2D eigenvalue weighted by molar-refractivity contribution is 7.85. The second-order valence-electron chi connectivity index (χ2n) is 11.9. The van der Waals surface area contributed by atoms with Gasteiger partial charge in [-0.1, -0.05) is 69.6 Å². The van der Waals surface area contributed by atoms with Gasteiger partial charge >= 0.3 is 0 Å². The van der Waals surface area contributed by atoms with Gasteiger partial charge in [-0.25, -0.2) is 4.31 Å². The number of piperazine rings is 1. The monoisotopic (exact) mass is 587 g/mol. The molecule has 2 aromatic rings. The number of carbonyl (C=O) groups is 1. The Hall–Kier alpha value is -2.88. The predicted octanol–water partition coefficient (Wildman–Crippen LogP) is 3.73. The Morgan fingerprint density at radius 3 is 2.15 bits per heavy atom. The standard InChI is InChI=1S/C30H39ClN4O4S/c1-20(2)40(37,38)35-16-14-34(15-17-35)25(19-32)26(27(36)33-22-11-9-10-21(31)18-22)39-28-29(3,4)23-12-7-8-13-24(23)30(28,5)6/h7-13,18-20,28,32H,14-17H2,1-6H3,(H,33,36)/p+1/b26-25-,32-19?. The van der Waals surface area contributed by atoms with Crippen LogP contribution in [0.1, 0.15) is 52.7 Å². The van der Waals surface area contributed by atoms with Crippen molar-refractivity contribution in [1.82, 2.24) is 4.90 Å². The van der Waals surface area contributed by atoms with Gasteiger partial charge in [-0.3, -0.25) is 4.79 Å². The minimum absolute atomic E-state index is 0.0316. The maximum atomic E-state index is 13.9. The van der Waals surface area contributed by atoms with Crippen LogP contribution in [0.2, 0.25) is 5.02 Å². The molecule has 1 heterocycles. The van der Waals surface area contributed by atoms with E-state index in [9.17, 15) is 13.2 Å². The first-order valence-electron chi connectivity index (χ1n) is 13.6. The van der Waals surface area contributed by atoms with Crippen molar-refractivity contribution < 1.29 is 22.3 Å². The van der Waals surface area contributed by atoms with Crippen molar-refractivity contribution in [3.05, 3.63) is 76.1 Å². The molecule has 0 spiro atoms. The quantitative estimate of drug-likeness (QED) is 0.248. The summed E-state index contributed by atoms with van der Waals surface area (Å²) in [6.07, 6.45) is 0.720. The number of ether oxygens (including phenoxy) is 1. The van der Waals surface area contributed by atoms with Gasteiger partial charge in [-0.15, -0.1) is 0 Å². The van der Waals surface area contributed by atoms with Crippen LogP contribution in [0, 0.1) is 5.41 Å². The van der Waals surface area contributed by atoms with E-state index in [-0.39, 0.29) is 5.76 Å². The molecule has 10 heteroatoms. The van der Waals surface area contributed by atoms with Gasteiger partial charge in [-0.2, -0.15) is 8.42 Å². The van der Waals surface area contributed by atoms with Crippen LogP contribution < -0.4 is 9.62 Å². The molecule has 216 valence electrons. The van der Waals surface area contributed by atoms with E-state index >= 15 is 0 Å². The lowest BCUT2D eigenvalue weighted by molar-refractivity contribution is -0.773. The lowest BCUT2D eigenvalue weighted by Crippen LogP contribution is -3.17. The van der Waals surface area contributed by atoms with Crippen LogP contribution in [-0.2, 0) is 30.4 Å². The Labute approximate surface area is 242 Å². The molecule has 1 fully saturated rings. The lowest BCUT2D eigenvalue weighted by atomic mass is 9.78. The number of fused-ring (bicyclic) bond motifs is 1. The molecule has 2 aromatic carbocycles. The van der Waals surface area contributed by atoms with Crippen LogP contribution in [0.15, 0.2) is 60.0 Å². The zero-order chi connectivity index (χ0) is 29.5. The minimum Gasteiger partial charge on any atom is -0.481 e. The van der Waals surface area contributed by atoms with Crippen molar-refractivity contribution in [2.75, 3.05) is 31.5 Å². The summed E-state index contributed by atoms with van der Waals surface area (Å²) >= 11 is 6.17. The molecular weight excluding hydrogens is 548 g/mol. The zero-order valence-corrected chi connectivity index (χ0v) is 25.6. The molecule has 3 N–H and O–H groups in total. The molecule has 0 atom stereocenters. The van der Waals surface area contributed by atoms with E-state index in [2.05, 4.69) is 45.1 Å². The van der Waals surface area contributed by atoms with Crippen LogP contribution in [0.25, 0.3) is 0 Å². The maximum absolute atomic E-state index is 13.9. The Balaban J connectivity index is 1.73. The SMILES string of the molecule is CC(C)S(=O)(=O)[NH+]1CCN(/C(C=N)=C(\OC2C(C)(C)c3ccccc3C2(C)C)C(=O)Nc2cccc(Cl)c2)CC1. The fourth-order valence-corrected chi connectivity index (χ4v) is 7.71. The van der Waals surface area contributed by atoms with Gasteiger partial charge in [0.2, 0.25) is 5.76 Å². The largest absolute Gasteiger partial charge is 0.481 e. The molecule has 1 aliphatic carbocycles. The number of quaternary nitrogens is 1. The first-order chi connectivity index (χ1) is 18.7. The van der Waals surface area contributed by atoms with Gasteiger partial charge < -0.3 is 20.4 Å². The van der Waals surface area contributed by atoms with Crippen LogP contribution in [-0.4, -0.2) is 63.0 Å². The molecule has 0 aromatic heterocycles. The molecule has 1 saturated heterocycles. The van der Waals surface area contributed by atoms with Gasteiger partial charge in [0.25, 0.3) is 15.9 Å². The van der Waals surface area contributed by atoms with Gasteiger partial charge in [-0.05, 0) is 43.2 Å².